The van der Waals surface area contributed by atoms with Crippen LogP contribution in [0.5, 0.6) is 0 Å². The van der Waals surface area contributed by atoms with Crippen molar-refractivity contribution in [3.05, 3.63) is 48.3 Å². The first-order chi connectivity index (χ1) is 12.1. The molecular weight excluding hydrogens is 323 g/mol. The summed E-state index contributed by atoms with van der Waals surface area (Å²) in [4.78, 5) is 27.2. The molecule has 1 saturated heterocycles. The van der Waals surface area contributed by atoms with Gasteiger partial charge in [-0.1, -0.05) is 18.6 Å². The second-order valence-corrected chi connectivity index (χ2v) is 6.55. The van der Waals surface area contributed by atoms with E-state index < -0.39 is 17.6 Å². The number of hydrogen-bond donors (Lipinski definition) is 1. The van der Waals surface area contributed by atoms with Crippen molar-refractivity contribution in [2.45, 2.75) is 43.9 Å². The van der Waals surface area contributed by atoms with Gasteiger partial charge in [0.05, 0.1) is 6.61 Å². The predicted octanol–water partition coefficient (Wildman–Crippen LogP) is 2.63. The number of amides is 2. The van der Waals surface area contributed by atoms with E-state index in [2.05, 4.69) is 11.9 Å². The summed E-state index contributed by atoms with van der Waals surface area (Å²) in [5, 5.41) is 2.74. The van der Waals surface area contributed by atoms with Gasteiger partial charge < -0.3 is 10.1 Å². The zero-order chi connectivity index (χ0) is 17.9. The van der Waals surface area contributed by atoms with E-state index in [4.69, 9.17) is 4.74 Å². The van der Waals surface area contributed by atoms with Crippen molar-refractivity contribution < 1.29 is 18.7 Å². The van der Waals surface area contributed by atoms with Crippen LogP contribution in [0, 0.1) is 5.82 Å². The van der Waals surface area contributed by atoms with Crippen molar-refractivity contribution in [2.75, 3.05) is 13.2 Å². The molecule has 1 heterocycles. The molecule has 1 atom stereocenters. The van der Waals surface area contributed by atoms with Gasteiger partial charge in [-0.2, -0.15) is 0 Å². The quantitative estimate of drug-likeness (QED) is 0.853. The van der Waals surface area contributed by atoms with Gasteiger partial charge in [0.25, 0.3) is 5.91 Å². The minimum Gasteiger partial charge on any atom is -0.353 e. The molecule has 2 amide bonds. The Kier molecular flexibility index (Phi) is 5.18. The van der Waals surface area contributed by atoms with Gasteiger partial charge in [0, 0.05) is 12.1 Å². The SMILES string of the molecule is C=CCNC(=O)[C@H]1COC2(CCCCC2)N1C(=O)c1cccc(F)c1. The molecule has 2 fully saturated rings. The largest absolute Gasteiger partial charge is 0.353 e. The molecule has 3 rings (SSSR count). The number of halogens is 1. The van der Waals surface area contributed by atoms with E-state index in [-0.39, 0.29) is 24.0 Å². The number of carbonyl (C=O) groups is 2. The first kappa shape index (κ1) is 17.6. The molecule has 2 aliphatic rings. The second kappa shape index (κ2) is 7.35. The fourth-order valence-corrected chi connectivity index (χ4v) is 3.72. The van der Waals surface area contributed by atoms with E-state index in [1.165, 1.54) is 18.2 Å². The maximum atomic E-state index is 13.6. The smallest absolute Gasteiger partial charge is 0.256 e. The molecule has 1 aliphatic carbocycles. The molecule has 1 spiro atoms. The van der Waals surface area contributed by atoms with Crippen LogP contribution in [0.15, 0.2) is 36.9 Å². The third kappa shape index (κ3) is 3.44. The number of nitrogens with zero attached hydrogens (tertiary/aromatic N) is 1. The Balaban J connectivity index is 1.93. The molecule has 25 heavy (non-hydrogen) atoms. The maximum absolute atomic E-state index is 13.6. The zero-order valence-electron chi connectivity index (χ0n) is 14.2. The minimum absolute atomic E-state index is 0.157. The van der Waals surface area contributed by atoms with Gasteiger partial charge in [0.2, 0.25) is 5.91 Å². The summed E-state index contributed by atoms with van der Waals surface area (Å²) >= 11 is 0. The Hall–Kier alpha value is -2.21. The second-order valence-electron chi connectivity index (χ2n) is 6.55. The summed E-state index contributed by atoms with van der Waals surface area (Å²) in [6, 6.07) is 4.85. The van der Waals surface area contributed by atoms with Crippen molar-refractivity contribution >= 4 is 11.8 Å². The average Bonchev–Trinajstić information content (AvgIpc) is 2.98. The lowest BCUT2D eigenvalue weighted by Gasteiger charge is -2.41. The third-order valence-electron chi connectivity index (χ3n) is 4.91. The van der Waals surface area contributed by atoms with Crippen LogP contribution in [-0.4, -0.2) is 41.6 Å². The van der Waals surface area contributed by atoms with Gasteiger partial charge in [-0.05, 0) is 43.9 Å². The molecular formula is C19H23FN2O3. The van der Waals surface area contributed by atoms with Crippen LogP contribution in [0.4, 0.5) is 4.39 Å². The number of benzene rings is 1. The van der Waals surface area contributed by atoms with Crippen molar-refractivity contribution in [1.29, 1.82) is 0 Å². The molecule has 1 saturated carbocycles. The fraction of sp³-hybridized carbons (Fsp3) is 0.474. The first-order valence-corrected chi connectivity index (χ1v) is 8.69. The lowest BCUT2D eigenvalue weighted by molar-refractivity contribution is -0.127. The van der Waals surface area contributed by atoms with Crippen LogP contribution in [0.2, 0.25) is 0 Å². The molecule has 1 aromatic rings. The van der Waals surface area contributed by atoms with Crippen molar-refractivity contribution in [3.63, 3.8) is 0 Å². The summed E-state index contributed by atoms with van der Waals surface area (Å²) < 4.78 is 19.6. The van der Waals surface area contributed by atoms with Crippen LogP contribution in [-0.2, 0) is 9.53 Å². The van der Waals surface area contributed by atoms with Gasteiger partial charge in [0.15, 0.2) is 0 Å². The monoisotopic (exact) mass is 346 g/mol. The van der Waals surface area contributed by atoms with Crippen molar-refractivity contribution in [3.8, 4) is 0 Å². The van der Waals surface area contributed by atoms with Crippen LogP contribution in [0.1, 0.15) is 42.5 Å². The van der Waals surface area contributed by atoms with Gasteiger partial charge in [0.1, 0.15) is 17.6 Å². The molecule has 0 bridgehead atoms. The van der Waals surface area contributed by atoms with Crippen LogP contribution >= 0.6 is 0 Å². The number of hydrogen-bond acceptors (Lipinski definition) is 3. The predicted molar refractivity (Wildman–Crippen MR) is 91.3 cm³/mol. The van der Waals surface area contributed by atoms with E-state index in [0.29, 0.717) is 19.4 Å². The normalized spacial score (nSPS) is 22.0. The summed E-state index contributed by atoms with van der Waals surface area (Å²) in [7, 11) is 0. The molecule has 0 radical (unpaired) electrons. The Morgan fingerprint density at radius 1 is 1.36 bits per heavy atom. The third-order valence-corrected chi connectivity index (χ3v) is 4.91. The van der Waals surface area contributed by atoms with Crippen molar-refractivity contribution in [2.24, 2.45) is 0 Å². The number of nitrogens with one attached hydrogen (secondary N) is 1. The Morgan fingerprint density at radius 3 is 2.80 bits per heavy atom. The number of ether oxygens (including phenoxy) is 1. The Labute approximate surface area is 146 Å². The molecule has 0 unspecified atom stereocenters. The number of rotatable bonds is 4. The van der Waals surface area contributed by atoms with Crippen LogP contribution in [0.3, 0.4) is 0 Å². The Bertz CT molecular complexity index is 670. The standard InChI is InChI=1S/C19H23FN2O3/c1-2-11-21-17(23)16-13-25-19(9-4-3-5-10-19)22(16)18(24)14-7-6-8-15(20)12-14/h2,6-8,12,16H,1,3-5,9-11,13H2,(H,21,23)/t16-/m1/s1. The zero-order valence-corrected chi connectivity index (χ0v) is 14.2. The maximum Gasteiger partial charge on any atom is 0.256 e. The summed E-state index contributed by atoms with van der Waals surface area (Å²) in [6.45, 7) is 4.07. The van der Waals surface area contributed by atoms with Crippen LogP contribution < -0.4 is 5.32 Å². The van der Waals surface area contributed by atoms with E-state index in [0.717, 1.165) is 19.3 Å². The summed E-state index contributed by atoms with van der Waals surface area (Å²) in [5.41, 5.74) is -0.533. The van der Waals surface area contributed by atoms with Crippen LogP contribution in [0.25, 0.3) is 0 Å². The molecule has 5 nitrogen and oxygen atoms in total. The van der Waals surface area contributed by atoms with Crippen molar-refractivity contribution in [1.82, 2.24) is 10.2 Å². The highest BCUT2D eigenvalue weighted by molar-refractivity contribution is 5.98. The molecule has 134 valence electrons. The summed E-state index contributed by atoms with van der Waals surface area (Å²) in [6.07, 6.45) is 5.93. The minimum atomic E-state index is -0.766. The van der Waals surface area contributed by atoms with E-state index in [9.17, 15) is 14.0 Å². The number of carbonyl (C=O) groups excluding carboxylic acids is 2. The van der Waals surface area contributed by atoms with Gasteiger partial charge in [-0.15, -0.1) is 6.58 Å². The highest BCUT2D eigenvalue weighted by Crippen LogP contribution is 2.41. The lowest BCUT2D eigenvalue weighted by Crippen LogP contribution is -2.56. The Morgan fingerprint density at radius 2 is 2.12 bits per heavy atom. The first-order valence-electron chi connectivity index (χ1n) is 8.69. The van der Waals surface area contributed by atoms with E-state index >= 15 is 0 Å². The molecule has 1 aliphatic heterocycles. The molecule has 1 N–H and O–H groups in total. The molecule has 1 aromatic carbocycles. The lowest BCUT2D eigenvalue weighted by atomic mass is 9.89. The van der Waals surface area contributed by atoms with E-state index in [1.807, 2.05) is 0 Å². The van der Waals surface area contributed by atoms with Gasteiger partial charge >= 0.3 is 0 Å². The van der Waals surface area contributed by atoms with Gasteiger partial charge in [-0.25, -0.2) is 4.39 Å². The van der Waals surface area contributed by atoms with Gasteiger partial charge in [-0.3, -0.25) is 14.5 Å². The topological polar surface area (TPSA) is 58.6 Å². The summed E-state index contributed by atoms with van der Waals surface area (Å²) in [5.74, 6) is -1.11. The van der Waals surface area contributed by atoms with E-state index in [1.54, 1.807) is 17.0 Å². The molecule has 0 aromatic heterocycles. The highest BCUT2D eigenvalue weighted by Gasteiger charge is 2.52. The average molecular weight is 346 g/mol. The molecule has 6 heteroatoms. The fourth-order valence-electron chi connectivity index (χ4n) is 3.72. The highest BCUT2D eigenvalue weighted by atomic mass is 19.1.